The monoisotopic (exact) mass is 502 g/mol. The van der Waals surface area contributed by atoms with Crippen LogP contribution in [0.2, 0.25) is 0 Å². The molecule has 0 spiro atoms. The third-order valence-electron chi connectivity index (χ3n) is 4.67. The van der Waals surface area contributed by atoms with Gasteiger partial charge in [0.2, 0.25) is 0 Å². The van der Waals surface area contributed by atoms with Gasteiger partial charge in [0.25, 0.3) is 0 Å². The molecule has 1 aliphatic heterocycles. The fourth-order valence-electron chi connectivity index (χ4n) is 3.15. The lowest BCUT2D eigenvalue weighted by Crippen LogP contribution is -2.52. The second kappa shape index (κ2) is 10.4. The largest absolute Gasteiger partial charge is 0.497 e. The van der Waals surface area contributed by atoms with Crippen LogP contribution in [-0.2, 0) is 6.54 Å². The van der Waals surface area contributed by atoms with E-state index in [-0.39, 0.29) is 36.1 Å². The van der Waals surface area contributed by atoms with Gasteiger partial charge in [-0.3, -0.25) is 4.99 Å². The molecule has 28 heavy (non-hydrogen) atoms. The number of rotatable bonds is 4. The molecule has 0 saturated carbocycles. The molecule has 3 rings (SSSR count). The number of halogens is 3. The highest BCUT2D eigenvalue weighted by Crippen LogP contribution is 2.20. The van der Waals surface area contributed by atoms with Crippen molar-refractivity contribution < 1.29 is 13.5 Å². The first-order valence-corrected chi connectivity index (χ1v) is 8.89. The molecule has 1 fully saturated rings. The number of hydrogen-bond acceptors (Lipinski definition) is 3. The first kappa shape index (κ1) is 22.2. The van der Waals surface area contributed by atoms with Crippen LogP contribution in [0.1, 0.15) is 5.56 Å². The maximum atomic E-state index is 13.8. The number of hydrogen-bond donors (Lipinski definition) is 1. The Bertz CT molecular complexity index is 793. The van der Waals surface area contributed by atoms with E-state index in [2.05, 4.69) is 20.1 Å². The summed E-state index contributed by atoms with van der Waals surface area (Å²) >= 11 is 0. The lowest BCUT2D eigenvalue weighted by molar-refractivity contribution is 0.372. The molecule has 0 aromatic heterocycles. The van der Waals surface area contributed by atoms with Crippen molar-refractivity contribution in [3.8, 4) is 5.75 Å². The minimum Gasteiger partial charge on any atom is -0.497 e. The van der Waals surface area contributed by atoms with Gasteiger partial charge in [0.05, 0.1) is 7.11 Å². The number of methoxy groups -OCH3 is 1. The van der Waals surface area contributed by atoms with Crippen LogP contribution >= 0.6 is 24.0 Å². The predicted octanol–water partition coefficient (Wildman–Crippen LogP) is 3.49. The zero-order valence-corrected chi connectivity index (χ0v) is 18.3. The topological polar surface area (TPSA) is 40.1 Å². The average Bonchev–Trinajstić information content (AvgIpc) is 2.71. The first-order valence-electron chi connectivity index (χ1n) is 8.89. The summed E-state index contributed by atoms with van der Waals surface area (Å²) < 4.78 is 32.3. The molecule has 2 aromatic carbocycles. The van der Waals surface area contributed by atoms with Gasteiger partial charge in [-0.15, -0.1) is 24.0 Å². The number of aliphatic imine (C=N–C) groups is 1. The van der Waals surface area contributed by atoms with Crippen molar-refractivity contribution in [2.24, 2.45) is 4.99 Å². The fourth-order valence-corrected chi connectivity index (χ4v) is 3.15. The first-order chi connectivity index (χ1) is 13.1. The minimum absolute atomic E-state index is 0. The van der Waals surface area contributed by atoms with E-state index in [9.17, 15) is 8.78 Å². The Kier molecular flexibility index (Phi) is 8.28. The van der Waals surface area contributed by atoms with Gasteiger partial charge < -0.3 is 19.9 Å². The molecule has 1 N–H and O–H groups in total. The Balaban J connectivity index is 0.00000280. The number of benzene rings is 2. The molecule has 0 atom stereocenters. The van der Waals surface area contributed by atoms with Crippen molar-refractivity contribution in [1.82, 2.24) is 10.2 Å². The summed E-state index contributed by atoms with van der Waals surface area (Å²) in [5, 5.41) is 3.13. The quantitative estimate of drug-likeness (QED) is 0.395. The highest BCUT2D eigenvalue weighted by Gasteiger charge is 2.20. The fraction of sp³-hybridized carbons (Fsp3) is 0.350. The van der Waals surface area contributed by atoms with Gasteiger partial charge in [0.1, 0.15) is 17.4 Å². The molecule has 2 aromatic rings. The molecule has 0 amide bonds. The van der Waals surface area contributed by atoms with Crippen LogP contribution in [-0.4, -0.2) is 51.2 Å². The number of guanidine groups is 1. The van der Waals surface area contributed by atoms with E-state index in [1.165, 1.54) is 6.07 Å². The van der Waals surface area contributed by atoms with Crippen molar-refractivity contribution in [1.29, 1.82) is 0 Å². The van der Waals surface area contributed by atoms with Crippen LogP contribution in [0.5, 0.6) is 5.75 Å². The minimum atomic E-state index is -0.448. The van der Waals surface area contributed by atoms with Crippen molar-refractivity contribution in [2.75, 3.05) is 45.2 Å². The van der Waals surface area contributed by atoms with E-state index in [1.807, 2.05) is 24.3 Å². The van der Waals surface area contributed by atoms with Crippen LogP contribution in [0.4, 0.5) is 14.5 Å². The maximum Gasteiger partial charge on any atom is 0.194 e. The van der Waals surface area contributed by atoms with Gasteiger partial charge in [-0.25, -0.2) is 8.78 Å². The Hall–Kier alpha value is -2.10. The van der Waals surface area contributed by atoms with Crippen LogP contribution < -0.4 is 15.0 Å². The molecule has 1 aliphatic rings. The van der Waals surface area contributed by atoms with E-state index in [0.29, 0.717) is 5.96 Å². The summed E-state index contributed by atoms with van der Waals surface area (Å²) in [6.07, 6.45) is 0. The second-order valence-corrected chi connectivity index (χ2v) is 6.31. The third kappa shape index (κ3) is 5.46. The van der Waals surface area contributed by atoms with Crippen molar-refractivity contribution in [3.63, 3.8) is 0 Å². The Morgan fingerprint density at radius 3 is 2.36 bits per heavy atom. The smallest absolute Gasteiger partial charge is 0.194 e. The van der Waals surface area contributed by atoms with E-state index < -0.39 is 11.6 Å². The number of ether oxygens (including phenoxy) is 1. The molecule has 1 saturated heterocycles. The van der Waals surface area contributed by atoms with Crippen molar-refractivity contribution in [2.45, 2.75) is 6.54 Å². The molecule has 152 valence electrons. The highest BCUT2D eigenvalue weighted by atomic mass is 127. The SMILES string of the molecule is CN=C(NCc1cc(F)ccc1F)N1CCN(c2ccc(OC)cc2)CC1.I. The van der Waals surface area contributed by atoms with E-state index in [0.717, 1.165) is 49.7 Å². The standard InChI is InChI=1S/C20H24F2N4O.HI/c1-23-20(24-14-15-13-16(21)3-8-19(15)22)26-11-9-25(10-12-26)17-4-6-18(27-2)7-5-17;/h3-8,13H,9-12,14H2,1-2H3,(H,23,24);1H. The molecule has 0 bridgehead atoms. The van der Waals surface area contributed by atoms with E-state index in [4.69, 9.17) is 4.74 Å². The molecule has 0 unspecified atom stereocenters. The number of nitrogens with one attached hydrogen (secondary N) is 1. The lowest BCUT2D eigenvalue weighted by atomic mass is 10.2. The predicted molar refractivity (Wildman–Crippen MR) is 119 cm³/mol. The number of piperazine rings is 1. The van der Waals surface area contributed by atoms with Gasteiger partial charge in [-0.2, -0.15) is 0 Å². The molecule has 8 heteroatoms. The van der Waals surface area contributed by atoms with Gasteiger partial charge >= 0.3 is 0 Å². The van der Waals surface area contributed by atoms with Crippen molar-refractivity contribution in [3.05, 3.63) is 59.7 Å². The van der Waals surface area contributed by atoms with Crippen LogP contribution in [0.15, 0.2) is 47.5 Å². The zero-order valence-electron chi connectivity index (χ0n) is 16.0. The van der Waals surface area contributed by atoms with Crippen LogP contribution in [0.25, 0.3) is 0 Å². The maximum absolute atomic E-state index is 13.8. The highest BCUT2D eigenvalue weighted by molar-refractivity contribution is 14.0. The summed E-state index contributed by atoms with van der Waals surface area (Å²) in [7, 11) is 3.35. The van der Waals surface area contributed by atoms with Crippen molar-refractivity contribution >= 4 is 35.6 Å². The molecular weight excluding hydrogens is 477 g/mol. The Labute approximate surface area is 181 Å². The normalized spacial score (nSPS) is 14.5. The van der Waals surface area contributed by atoms with E-state index in [1.54, 1.807) is 14.2 Å². The van der Waals surface area contributed by atoms with Crippen LogP contribution in [0.3, 0.4) is 0 Å². The Morgan fingerprint density at radius 1 is 1.07 bits per heavy atom. The lowest BCUT2D eigenvalue weighted by Gasteiger charge is -2.37. The van der Waals surface area contributed by atoms with E-state index >= 15 is 0 Å². The summed E-state index contributed by atoms with van der Waals surface area (Å²) in [4.78, 5) is 8.70. The molecule has 0 radical (unpaired) electrons. The Morgan fingerprint density at radius 2 is 1.75 bits per heavy atom. The third-order valence-corrected chi connectivity index (χ3v) is 4.67. The molecule has 5 nitrogen and oxygen atoms in total. The molecular formula is C20H25F2IN4O. The van der Waals surface area contributed by atoms with Gasteiger partial charge in [-0.1, -0.05) is 0 Å². The second-order valence-electron chi connectivity index (χ2n) is 6.31. The number of nitrogens with zero attached hydrogens (tertiary/aromatic N) is 3. The van der Waals surface area contributed by atoms with Crippen LogP contribution in [0, 0.1) is 11.6 Å². The van der Waals surface area contributed by atoms with Gasteiger partial charge in [0, 0.05) is 51.0 Å². The zero-order chi connectivity index (χ0) is 19.2. The average molecular weight is 502 g/mol. The van der Waals surface area contributed by atoms with Gasteiger partial charge in [-0.05, 0) is 42.5 Å². The molecule has 0 aliphatic carbocycles. The summed E-state index contributed by atoms with van der Waals surface area (Å²) in [5.74, 6) is 0.652. The van der Waals surface area contributed by atoms with Gasteiger partial charge in [0.15, 0.2) is 5.96 Å². The number of anilines is 1. The summed E-state index contributed by atoms with van der Waals surface area (Å²) in [6.45, 7) is 3.46. The molecule has 1 heterocycles. The summed E-state index contributed by atoms with van der Waals surface area (Å²) in [5.41, 5.74) is 1.44. The summed E-state index contributed by atoms with van der Waals surface area (Å²) in [6, 6.07) is 11.5.